The number of hydrogen-bond acceptors (Lipinski definition) is 2. The molecule has 0 aliphatic carbocycles. The van der Waals surface area contributed by atoms with Crippen LogP contribution in [0.25, 0.3) is 0 Å². The van der Waals surface area contributed by atoms with Crippen molar-refractivity contribution in [3.05, 3.63) is 34.9 Å². The minimum Gasteiger partial charge on any atom is -0.319 e. The fourth-order valence-electron chi connectivity index (χ4n) is 1.86. The maximum atomic E-state index is 12.1. The summed E-state index contributed by atoms with van der Waals surface area (Å²) in [7, 11) is 1.81. The molecule has 0 aliphatic heterocycles. The van der Waals surface area contributed by atoms with Crippen LogP contribution in [0.5, 0.6) is 0 Å². The lowest BCUT2D eigenvalue weighted by Gasteiger charge is -2.17. The van der Waals surface area contributed by atoms with E-state index in [1.54, 1.807) is 12.1 Å². The predicted molar refractivity (Wildman–Crippen MR) is 75.7 cm³/mol. The monoisotopic (exact) mass is 311 g/mol. The van der Waals surface area contributed by atoms with Crippen LogP contribution in [0.4, 0.5) is 13.2 Å². The number of halogens is 4. The minimum absolute atomic E-state index is 0.0519. The number of rotatable bonds is 7. The Balaban J connectivity index is 2.45. The van der Waals surface area contributed by atoms with E-state index in [4.69, 9.17) is 11.6 Å². The van der Waals surface area contributed by atoms with Crippen molar-refractivity contribution in [1.82, 2.24) is 5.32 Å². The highest BCUT2D eigenvalue weighted by Crippen LogP contribution is 2.31. The Hall–Kier alpha value is -0.390. The van der Waals surface area contributed by atoms with E-state index >= 15 is 0 Å². The Kier molecular flexibility index (Phi) is 7.04. The van der Waals surface area contributed by atoms with Gasteiger partial charge in [-0.3, -0.25) is 0 Å². The lowest BCUT2D eigenvalue weighted by Crippen LogP contribution is -2.22. The fourth-order valence-corrected chi connectivity index (χ4v) is 2.67. The summed E-state index contributed by atoms with van der Waals surface area (Å²) >= 11 is 5.85. The lowest BCUT2D eigenvalue weighted by molar-refractivity contribution is -0.0328. The van der Waals surface area contributed by atoms with Crippen LogP contribution in [0.3, 0.4) is 0 Å². The van der Waals surface area contributed by atoms with Gasteiger partial charge in [0, 0.05) is 10.8 Å². The molecule has 1 atom stereocenters. The largest absolute Gasteiger partial charge is 0.441 e. The molecular formula is C13H17ClF3NS. The standard InChI is InChI=1S/C13H17ClF3NS/c1-18-9-11(6-7-19-13(15,16)17)8-10-2-4-12(14)5-3-10/h2-5,11,18H,6-9H2,1H3. The highest BCUT2D eigenvalue weighted by Gasteiger charge is 2.28. The third-order valence-electron chi connectivity index (χ3n) is 2.72. The first kappa shape index (κ1) is 16.7. The molecule has 19 heavy (non-hydrogen) atoms. The molecule has 1 nitrogen and oxygen atoms in total. The zero-order valence-corrected chi connectivity index (χ0v) is 12.2. The van der Waals surface area contributed by atoms with Gasteiger partial charge in [-0.15, -0.1) is 0 Å². The molecule has 1 rings (SSSR count). The lowest BCUT2D eigenvalue weighted by atomic mass is 9.97. The predicted octanol–water partition coefficient (Wildman–Crippen LogP) is 4.36. The molecule has 1 unspecified atom stereocenters. The molecule has 0 fully saturated rings. The first-order valence-electron chi connectivity index (χ1n) is 6.00. The van der Waals surface area contributed by atoms with Crippen molar-refractivity contribution in [2.75, 3.05) is 19.3 Å². The fraction of sp³-hybridized carbons (Fsp3) is 0.538. The highest BCUT2D eigenvalue weighted by atomic mass is 35.5. The van der Waals surface area contributed by atoms with Crippen LogP contribution in [-0.4, -0.2) is 24.9 Å². The van der Waals surface area contributed by atoms with E-state index in [1.165, 1.54) is 0 Å². The molecule has 1 aromatic rings. The minimum atomic E-state index is -4.13. The number of thioether (sulfide) groups is 1. The van der Waals surface area contributed by atoms with Gasteiger partial charge in [-0.2, -0.15) is 13.2 Å². The van der Waals surface area contributed by atoms with Gasteiger partial charge in [0.15, 0.2) is 0 Å². The van der Waals surface area contributed by atoms with Crippen LogP contribution in [-0.2, 0) is 6.42 Å². The van der Waals surface area contributed by atoms with Gasteiger partial charge >= 0.3 is 5.51 Å². The summed E-state index contributed by atoms with van der Waals surface area (Å²) in [5.41, 5.74) is -3.04. The molecule has 0 saturated heterocycles. The van der Waals surface area contributed by atoms with Crippen molar-refractivity contribution in [2.45, 2.75) is 18.3 Å². The molecule has 0 aromatic heterocycles. The normalized spacial score (nSPS) is 13.5. The Labute approximate surface area is 120 Å². The molecule has 0 heterocycles. The SMILES string of the molecule is CNCC(CCSC(F)(F)F)Cc1ccc(Cl)cc1. The van der Waals surface area contributed by atoms with Gasteiger partial charge < -0.3 is 5.32 Å². The van der Waals surface area contributed by atoms with Crippen molar-refractivity contribution in [3.63, 3.8) is 0 Å². The van der Waals surface area contributed by atoms with E-state index in [0.29, 0.717) is 18.0 Å². The van der Waals surface area contributed by atoms with Crippen LogP contribution in [0.2, 0.25) is 5.02 Å². The smallest absolute Gasteiger partial charge is 0.319 e. The van der Waals surface area contributed by atoms with E-state index in [1.807, 2.05) is 19.2 Å². The molecule has 1 N–H and O–H groups in total. The van der Waals surface area contributed by atoms with Crippen LogP contribution in [0.1, 0.15) is 12.0 Å². The van der Waals surface area contributed by atoms with Gasteiger partial charge in [-0.25, -0.2) is 0 Å². The second kappa shape index (κ2) is 8.02. The van der Waals surface area contributed by atoms with E-state index < -0.39 is 5.51 Å². The summed E-state index contributed by atoms with van der Waals surface area (Å²) < 4.78 is 36.3. The Morgan fingerprint density at radius 3 is 2.42 bits per heavy atom. The quantitative estimate of drug-likeness (QED) is 0.803. The Morgan fingerprint density at radius 1 is 1.26 bits per heavy atom. The summed E-state index contributed by atoms with van der Waals surface area (Å²) in [5, 5.41) is 3.70. The summed E-state index contributed by atoms with van der Waals surface area (Å²) in [6.07, 6.45) is 1.30. The number of nitrogens with one attached hydrogen (secondary N) is 1. The summed E-state index contributed by atoms with van der Waals surface area (Å²) in [4.78, 5) is 0. The van der Waals surface area contributed by atoms with Crippen molar-refractivity contribution < 1.29 is 13.2 Å². The van der Waals surface area contributed by atoms with E-state index in [9.17, 15) is 13.2 Å². The maximum absolute atomic E-state index is 12.1. The summed E-state index contributed by atoms with van der Waals surface area (Å²) in [6, 6.07) is 7.44. The zero-order chi connectivity index (χ0) is 14.3. The molecule has 1 aromatic carbocycles. The van der Waals surface area contributed by atoms with Crippen LogP contribution < -0.4 is 5.32 Å². The number of alkyl halides is 3. The molecule has 0 radical (unpaired) electrons. The first-order chi connectivity index (χ1) is 8.90. The molecule has 0 bridgehead atoms. The van der Waals surface area contributed by atoms with Crippen LogP contribution >= 0.6 is 23.4 Å². The average Bonchev–Trinajstić information content (AvgIpc) is 2.30. The second-order valence-electron chi connectivity index (χ2n) is 4.34. The molecule has 108 valence electrons. The summed E-state index contributed by atoms with van der Waals surface area (Å²) in [5.74, 6) is 0.296. The molecule has 0 amide bonds. The molecule has 0 spiro atoms. The molecule has 0 saturated carbocycles. The van der Waals surface area contributed by atoms with Gasteiger partial charge in [0.25, 0.3) is 0 Å². The summed E-state index contributed by atoms with van der Waals surface area (Å²) in [6.45, 7) is 0.709. The van der Waals surface area contributed by atoms with Crippen molar-refractivity contribution in [3.8, 4) is 0 Å². The van der Waals surface area contributed by atoms with Crippen molar-refractivity contribution in [2.24, 2.45) is 5.92 Å². The maximum Gasteiger partial charge on any atom is 0.441 e. The average molecular weight is 312 g/mol. The van der Waals surface area contributed by atoms with Gasteiger partial charge in [0.05, 0.1) is 0 Å². The van der Waals surface area contributed by atoms with Gasteiger partial charge in [0.2, 0.25) is 0 Å². The van der Waals surface area contributed by atoms with E-state index in [2.05, 4.69) is 5.32 Å². The second-order valence-corrected chi connectivity index (χ2v) is 5.93. The van der Waals surface area contributed by atoms with Crippen LogP contribution in [0, 0.1) is 5.92 Å². The van der Waals surface area contributed by atoms with Crippen molar-refractivity contribution >= 4 is 23.4 Å². The Bertz CT molecular complexity index is 367. The van der Waals surface area contributed by atoms with Gasteiger partial charge in [-0.1, -0.05) is 35.5 Å². The van der Waals surface area contributed by atoms with Crippen LogP contribution in [0.15, 0.2) is 24.3 Å². The van der Waals surface area contributed by atoms with E-state index in [-0.39, 0.29) is 23.4 Å². The third kappa shape index (κ3) is 7.70. The zero-order valence-electron chi connectivity index (χ0n) is 10.6. The molecular weight excluding hydrogens is 295 g/mol. The van der Waals surface area contributed by atoms with Gasteiger partial charge in [-0.05, 0) is 50.0 Å². The highest BCUT2D eigenvalue weighted by molar-refractivity contribution is 8.00. The molecule has 6 heteroatoms. The third-order valence-corrected chi connectivity index (χ3v) is 3.74. The number of hydrogen-bond donors (Lipinski definition) is 1. The first-order valence-corrected chi connectivity index (χ1v) is 7.37. The Morgan fingerprint density at radius 2 is 1.89 bits per heavy atom. The molecule has 0 aliphatic rings. The van der Waals surface area contributed by atoms with Gasteiger partial charge in [0.1, 0.15) is 0 Å². The van der Waals surface area contributed by atoms with Crippen molar-refractivity contribution in [1.29, 1.82) is 0 Å². The topological polar surface area (TPSA) is 12.0 Å². The van der Waals surface area contributed by atoms with E-state index in [0.717, 1.165) is 12.0 Å². The number of benzene rings is 1.